The van der Waals surface area contributed by atoms with E-state index in [0.29, 0.717) is 26.2 Å². The van der Waals surface area contributed by atoms with E-state index in [9.17, 15) is 9.59 Å². The summed E-state index contributed by atoms with van der Waals surface area (Å²) in [5.41, 5.74) is 1.17. The number of carbonyl (C=O) groups is 2. The number of rotatable bonds is 11. The summed E-state index contributed by atoms with van der Waals surface area (Å²) < 4.78 is 0. The Morgan fingerprint density at radius 1 is 1.07 bits per heavy atom. The molecule has 2 aromatic rings. The zero-order chi connectivity index (χ0) is 20.9. The van der Waals surface area contributed by atoms with Crippen LogP contribution in [0.3, 0.4) is 0 Å². The van der Waals surface area contributed by atoms with Crippen LogP contribution < -0.4 is 0 Å². The lowest BCUT2D eigenvalue weighted by molar-refractivity contribution is -0.132. The first-order chi connectivity index (χ1) is 14.2. The predicted octanol–water partition coefficient (Wildman–Crippen LogP) is 2.45. The number of hydrogen-bond acceptors (Lipinski definition) is 6. The summed E-state index contributed by atoms with van der Waals surface area (Å²) in [5, 5.41) is 8.91. The number of pyridine rings is 1. The average Bonchev–Trinajstić information content (AvgIpc) is 2.77. The zero-order valence-corrected chi connectivity index (χ0v) is 16.7. The van der Waals surface area contributed by atoms with E-state index in [1.807, 2.05) is 19.1 Å². The van der Waals surface area contributed by atoms with Crippen molar-refractivity contribution in [2.75, 3.05) is 19.6 Å². The summed E-state index contributed by atoms with van der Waals surface area (Å²) in [4.78, 5) is 41.0. The van der Waals surface area contributed by atoms with Gasteiger partial charge in [-0.25, -0.2) is 4.98 Å². The second kappa shape index (κ2) is 12.2. The van der Waals surface area contributed by atoms with Crippen molar-refractivity contribution in [1.29, 1.82) is 5.26 Å². The Morgan fingerprint density at radius 2 is 1.90 bits per heavy atom. The SMILES string of the molecule is CCCCN(CCC(=O)N(CCC#N)Cc1cccnc1)C(=O)c1cnccn1. The molecule has 2 heterocycles. The van der Waals surface area contributed by atoms with Crippen LogP contribution in [0, 0.1) is 11.3 Å². The topological polar surface area (TPSA) is 103 Å². The van der Waals surface area contributed by atoms with Crippen LogP contribution in [0.25, 0.3) is 0 Å². The molecule has 2 aromatic heterocycles. The lowest BCUT2D eigenvalue weighted by atomic mass is 10.2. The van der Waals surface area contributed by atoms with Gasteiger partial charge in [0.25, 0.3) is 5.91 Å². The van der Waals surface area contributed by atoms with Gasteiger partial charge in [0.15, 0.2) is 0 Å². The lowest BCUT2D eigenvalue weighted by Crippen LogP contribution is -2.38. The molecule has 2 amide bonds. The minimum Gasteiger partial charge on any atom is -0.337 e. The number of unbranched alkanes of at least 4 members (excludes halogenated alkanes) is 1. The van der Waals surface area contributed by atoms with Crippen molar-refractivity contribution in [2.24, 2.45) is 0 Å². The van der Waals surface area contributed by atoms with Gasteiger partial charge in [-0.15, -0.1) is 0 Å². The second-order valence-corrected chi connectivity index (χ2v) is 6.57. The fraction of sp³-hybridized carbons (Fsp3) is 0.429. The van der Waals surface area contributed by atoms with Crippen LogP contribution in [-0.2, 0) is 11.3 Å². The molecule has 0 bridgehead atoms. The fourth-order valence-electron chi connectivity index (χ4n) is 2.81. The fourth-order valence-corrected chi connectivity index (χ4v) is 2.81. The summed E-state index contributed by atoms with van der Waals surface area (Å²) >= 11 is 0. The van der Waals surface area contributed by atoms with Gasteiger partial charge >= 0.3 is 0 Å². The van der Waals surface area contributed by atoms with E-state index in [1.165, 1.54) is 18.6 Å². The molecule has 8 heteroatoms. The van der Waals surface area contributed by atoms with Gasteiger partial charge in [0.05, 0.1) is 18.7 Å². The molecule has 0 saturated heterocycles. The summed E-state index contributed by atoms with van der Waals surface area (Å²) in [6.07, 6.45) is 10.0. The second-order valence-electron chi connectivity index (χ2n) is 6.57. The highest BCUT2D eigenvalue weighted by Gasteiger charge is 2.20. The van der Waals surface area contributed by atoms with Gasteiger partial charge in [0.2, 0.25) is 5.91 Å². The molecule has 0 aliphatic heterocycles. The van der Waals surface area contributed by atoms with E-state index in [2.05, 4.69) is 21.0 Å². The van der Waals surface area contributed by atoms with Gasteiger partial charge in [-0.2, -0.15) is 5.26 Å². The van der Waals surface area contributed by atoms with Crippen molar-refractivity contribution in [1.82, 2.24) is 24.8 Å². The number of carbonyl (C=O) groups excluding carboxylic acids is 2. The Bertz CT molecular complexity index is 807. The third kappa shape index (κ3) is 7.30. The van der Waals surface area contributed by atoms with Crippen molar-refractivity contribution in [2.45, 2.75) is 39.2 Å². The Balaban J connectivity index is 2.03. The highest BCUT2D eigenvalue weighted by Crippen LogP contribution is 2.09. The summed E-state index contributed by atoms with van der Waals surface area (Å²) in [6.45, 7) is 3.64. The molecule has 29 heavy (non-hydrogen) atoms. The number of amides is 2. The summed E-state index contributed by atoms with van der Waals surface area (Å²) in [7, 11) is 0. The van der Waals surface area contributed by atoms with Gasteiger partial charge in [-0.05, 0) is 18.1 Å². The van der Waals surface area contributed by atoms with Crippen molar-refractivity contribution in [3.05, 3.63) is 54.4 Å². The number of hydrogen-bond donors (Lipinski definition) is 0. The molecular formula is C21H26N6O2. The molecule has 0 N–H and O–H groups in total. The van der Waals surface area contributed by atoms with Gasteiger partial charge in [0.1, 0.15) is 5.69 Å². The molecule has 2 rings (SSSR count). The van der Waals surface area contributed by atoms with Crippen LogP contribution in [0.2, 0.25) is 0 Å². The van der Waals surface area contributed by atoms with Crippen molar-refractivity contribution in [3.8, 4) is 6.07 Å². The van der Waals surface area contributed by atoms with Crippen molar-refractivity contribution < 1.29 is 9.59 Å². The van der Waals surface area contributed by atoms with Crippen LogP contribution >= 0.6 is 0 Å². The minimum absolute atomic E-state index is 0.0995. The van der Waals surface area contributed by atoms with Crippen LogP contribution in [0.5, 0.6) is 0 Å². The molecule has 0 unspecified atom stereocenters. The predicted molar refractivity (Wildman–Crippen MR) is 107 cm³/mol. The minimum atomic E-state index is -0.227. The van der Waals surface area contributed by atoms with E-state index in [-0.39, 0.29) is 30.3 Å². The van der Waals surface area contributed by atoms with E-state index in [0.717, 1.165) is 18.4 Å². The first-order valence-electron chi connectivity index (χ1n) is 9.74. The Hall–Kier alpha value is -3.34. The molecule has 0 aromatic carbocycles. The maximum atomic E-state index is 12.8. The molecule has 0 fully saturated rings. The summed E-state index contributed by atoms with van der Waals surface area (Å²) in [5.74, 6) is -0.326. The van der Waals surface area contributed by atoms with Crippen LogP contribution in [0.4, 0.5) is 0 Å². The molecule has 0 aliphatic carbocycles. The molecule has 0 atom stereocenters. The third-order valence-electron chi connectivity index (χ3n) is 4.39. The highest BCUT2D eigenvalue weighted by atomic mass is 16.2. The first-order valence-corrected chi connectivity index (χ1v) is 9.74. The van der Waals surface area contributed by atoms with Crippen LogP contribution in [0.15, 0.2) is 43.1 Å². The summed E-state index contributed by atoms with van der Waals surface area (Å²) in [6, 6.07) is 5.79. The van der Waals surface area contributed by atoms with Crippen molar-refractivity contribution >= 4 is 11.8 Å². The van der Waals surface area contributed by atoms with E-state index >= 15 is 0 Å². The normalized spacial score (nSPS) is 10.2. The van der Waals surface area contributed by atoms with E-state index in [1.54, 1.807) is 22.2 Å². The molecule has 152 valence electrons. The quantitative estimate of drug-likeness (QED) is 0.580. The zero-order valence-electron chi connectivity index (χ0n) is 16.7. The van der Waals surface area contributed by atoms with E-state index < -0.39 is 0 Å². The Labute approximate surface area is 171 Å². The van der Waals surface area contributed by atoms with E-state index in [4.69, 9.17) is 5.26 Å². The third-order valence-corrected chi connectivity index (χ3v) is 4.39. The Morgan fingerprint density at radius 3 is 2.55 bits per heavy atom. The Kier molecular flexibility index (Phi) is 9.22. The molecular weight excluding hydrogens is 368 g/mol. The van der Waals surface area contributed by atoms with Gasteiger partial charge in [-0.1, -0.05) is 19.4 Å². The molecule has 8 nitrogen and oxygen atoms in total. The molecule has 0 radical (unpaired) electrons. The molecule has 0 saturated carbocycles. The van der Waals surface area contributed by atoms with Gasteiger partial charge < -0.3 is 9.80 Å². The monoisotopic (exact) mass is 394 g/mol. The standard InChI is InChI=1S/C21H26N6O2/c1-2-3-12-26(21(29)19-16-24-10-11-25-19)14-7-20(28)27(13-5-8-22)17-18-6-4-9-23-15-18/h4,6,9-11,15-16H,2-3,5,7,12-14,17H2,1H3. The number of nitrogens with zero attached hydrogens (tertiary/aromatic N) is 6. The molecule has 0 spiro atoms. The first kappa shape index (κ1) is 22.0. The number of aromatic nitrogens is 3. The maximum Gasteiger partial charge on any atom is 0.274 e. The number of nitriles is 1. The average molecular weight is 394 g/mol. The smallest absolute Gasteiger partial charge is 0.274 e. The van der Waals surface area contributed by atoms with Crippen LogP contribution in [0.1, 0.15) is 48.7 Å². The van der Waals surface area contributed by atoms with Gasteiger partial charge in [0, 0.05) is 57.4 Å². The lowest BCUT2D eigenvalue weighted by Gasteiger charge is -2.25. The maximum absolute atomic E-state index is 12.8. The largest absolute Gasteiger partial charge is 0.337 e. The highest BCUT2D eigenvalue weighted by molar-refractivity contribution is 5.92. The van der Waals surface area contributed by atoms with Gasteiger partial charge in [-0.3, -0.25) is 19.6 Å². The van der Waals surface area contributed by atoms with Crippen LogP contribution in [-0.4, -0.2) is 56.2 Å². The molecule has 0 aliphatic rings. The van der Waals surface area contributed by atoms with Crippen molar-refractivity contribution in [3.63, 3.8) is 0 Å².